The van der Waals surface area contributed by atoms with Crippen molar-refractivity contribution in [2.24, 2.45) is 0 Å². The summed E-state index contributed by atoms with van der Waals surface area (Å²) < 4.78 is 0. The van der Waals surface area contributed by atoms with Crippen LogP contribution in [0.4, 0.5) is 0 Å². The number of unbranched alkanes of at least 4 members (excludes halogenated alkanes) is 5. The van der Waals surface area contributed by atoms with Gasteiger partial charge in [0.15, 0.2) is 0 Å². The molecule has 0 aromatic carbocycles. The maximum absolute atomic E-state index is 10.1. The van der Waals surface area contributed by atoms with Crippen molar-refractivity contribution in [3.05, 3.63) is 0 Å². The van der Waals surface area contributed by atoms with Crippen molar-refractivity contribution >= 4 is 11.9 Å². The molecule has 5 heteroatoms. The van der Waals surface area contributed by atoms with Crippen LogP contribution in [0.3, 0.4) is 0 Å². The number of carboxylic acids is 2. The summed E-state index contributed by atoms with van der Waals surface area (Å²) in [6, 6.07) is 0. The van der Waals surface area contributed by atoms with Gasteiger partial charge in [0.2, 0.25) is 0 Å². The summed E-state index contributed by atoms with van der Waals surface area (Å²) in [5.41, 5.74) is 0. The molecule has 0 bridgehead atoms. The smallest absolute Gasteiger partial charge is 0.303 e. The number of hydrogen-bond acceptors (Lipinski definition) is 2. The van der Waals surface area contributed by atoms with E-state index < -0.39 is 11.9 Å². The average molecular weight is 254 g/mol. The fourth-order valence-electron chi connectivity index (χ4n) is 1.26. The van der Waals surface area contributed by atoms with Gasteiger partial charge in [-0.25, -0.2) is 0 Å². The van der Waals surface area contributed by atoms with E-state index in [4.69, 9.17) is 10.2 Å². The molecule has 0 amide bonds. The Morgan fingerprint density at radius 2 is 0.933 bits per heavy atom. The average Bonchev–Trinajstić information content (AvgIpc) is 2.08. The third-order valence-electron chi connectivity index (χ3n) is 2.03. The first kappa shape index (κ1) is 16.9. The first-order valence-electron chi connectivity index (χ1n) is 5.06. The molecule has 0 atom stereocenters. The van der Waals surface area contributed by atoms with Crippen LogP contribution < -0.4 is 0 Å². The molecule has 0 aliphatic heterocycles. The van der Waals surface area contributed by atoms with Crippen molar-refractivity contribution in [1.29, 1.82) is 0 Å². The van der Waals surface area contributed by atoms with Gasteiger partial charge in [-0.1, -0.05) is 25.7 Å². The Labute approximate surface area is 101 Å². The summed E-state index contributed by atoms with van der Waals surface area (Å²) in [7, 11) is 0. The van der Waals surface area contributed by atoms with Crippen molar-refractivity contribution in [3.63, 3.8) is 0 Å². The maximum Gasteiger partial charge on any atom is 0.303 e. The summed E-state index contributed by atoms with van der Waals surface area (Å²) in [6.07, 6.45) is 5.82. The molecule has 88 valence electrons. The van der Waals surface area contributed by atoms with Crippen LogP contribution in [0.25, 0.3) is 0 Å². The summed E-state index contributed by atoms with van der Waals surface area (Å²) in [6.45, 7) is 0. The molecule has 0 heterocycles. The van der Waals surface area contributed by atoms with Gasteiger partial charge in [-0.05, 0) is 12.8 Å². The van der Waals surface area contributed by atoms with E-state index in [2.05, 4.69) is 0 Å². The van der Waals surface area contributed by atoms with E-state index in [0.29, 0.717) is 0 Å². The van der Waals surface area contributed by atoms with Gasteiger partial charge in [-0.3, -0.25) is 9.59 Å². The molecule has 0 radical (unpaired) electrons. The molecule has 15 heavy (non-hydrogen) atoms. The predicted molar refractivity (Wildman–Crippen MR) is 52.2 cm³/mol. The van der Waals surface area contributed by atoms with E-state index in [1.807, 2.05) is 0 Å². The Kier molecular flexibility index (Phi) is 13.0. The second kappa shape index (κ2) is 11.5. The van der Waals surface area contributed by atoms with Crippen LogP contribution in [0.15, 0.2) is 0 Å². The molecule has 0 saturated carbocycles. The van der Waals surface area contributed by atoms with Gasteiger partial charge in [0.1, 0.15) is 0 Å². The van der Waals surface area contributed by atoms with Gasteiger partial charge in [-0.2, -0.15) is 0 Å². The number of aliphatic carboxylic acids is 2. The molecule has 0 aliphatic carbocycles. The van der Waals surface area contributed by atoms with E-state index in [1.54, 1.807) is 0 Å². The summed E-state index contributed by atoms with van der Waals surface area (Å²) in [5, 5.41) is 16.7. The molecule has 0 aliphatic rings. The maximum atomic E-state index is 10.1. The van der Waals surface area contributed by atoms with Gasteiger partial charge in [0, 0.05) is 30.2 Å². The molecule has 0 spiro atoms. The Hall–Kier alpha value is -0.528. The third-order valence-corrected chi connectivity index (χ3v) is 2.03. The molecule has 0 aromatic heterocycles. The predicted octanol–water partition coefficient (Wildman–Crippen LogP) is 2.27. The summed E-state index contributed by atoms with van der Waals surface area (Å²) in [4.78, 5) is 20.3. The van der Waals surface area contributed by atoms with E-state index in [-0.39, 0.29) is 30.2 Å². The van der Waals surface area contributed by atoms with E-state index in [1.165, 1.54) is 0 Å². The van der Waals surface area contributed by atoms with Crippen LogP contribution in [0.2, 0.25) is 0 Å². The van der Waals surface area contributed by atoms with Crippen molar-refractivity contribution in [1.82, 2.24) is 0 Å². The van der Waals surface area contributed by atoms with Crippen LogP contribution in [0, 0.1) is 0 Å². The van der Waals surface area contributed by atoms with Crippen molar-refractivity contribution < 1.29 is 37.2 Å². The third kappa shape index (κ3) is 16.2. The molecule has 0 rings (SSSR count). The molecule has 4 nitrogen and oxygen atoms in total. The van der Waals surface area contributed by atoms with Crippen LogP contribution in [0.5, 0.6) is 0 Å². The van der Waals surface area contributed by atoms with Crippen LogP contribution in [-0.4, -0.2) is 22.2 Å². The van der Waals surface area contributed by atoms with E-state index in [0.717, 1.165) is 38.5 Å². The molecule has 0 saturated heterocycles. The molecule has 0 unspecified atom stereocenters. The first-order valence-corrected chi connectivity index (χ1v) is 5.06. The zero-order valence-corrected chi connectivity index (χ0v) is 10.1. The normalized spacial score (nSPS) is 9.33. The monoisotopic (exact) mass is 254 g/mol. The van der Waals surface area contributed by atoms with Gasteiger partial charge in [0.05, 0.1) is 0 Å². The van der Waals surface area contributed by atoms with E-state index >= 15 is 0 Å². The number of carbonyl (C=O) groups is 2. The minimum Gasteiger partial charge on any atom is -0.481 e. The molecule has 0 fully saturated rings. The van der Waals surface area contributed by atoms with Crippen LogP contribution in [0.1, 0.15) is 51.4 Å². The zero-order chi connectivity index (χ0) is 10.8. The summed E-state index contributed by atoms with van der Waals surface area (Å²) in [5.74, 6) is -1.48. The number of rotatable bonds is 9. The first-order chi connectivity index (χ1) is 6.63. The molecular formula is C10H18CrO4. The fourth-order valence-corrected chi connectivity index (χ4v) is 1.26. The SMILES string of the molecule is O=C(O)CCCCCCCCC(=O)O.[Cr]. The Morgan fingerprint density at radius 3 is 1.20 bits per heavy atom. The fraction of sp³-hybridized carbons (Fsp3) is 0.800. The van der Waals surface area contributed by atoms with Crippen molar-refractivity contribution in [2.75, 3.05) is 0 Å². The van der Waals surface area contributed by atoms with Gasteiger partial charge < -0.3 is 10.2 Å². The summed E-state index contributed by atoms with van der Waals surface area (Å²) >= 11 is 0. The molecule has 2 N–H and O–H groups in total. The van der Waals surface area contributed by atoms with Gasteiger partial charge in [0.25, 0.3) is 0 Å². The second-order valence-electron chi connectivity index (χ2n) is 3.41. The van der Waals surface area contributed by atoms with Crippen molar-refractivity contribution in [3.8, 4) is 0 Å². The molecular weight excluding hydrogens is 236 g/mol. The standard InChI is InChI=1S/C10H18O4.Cr/c11-9(12)7-5-3-1-2-4-6-8-10(13)14;/h1-8H2,(H,11,12)(H,13,14);. The second-order valence-corrected chi connectivity index (χ2v) is 3.41. The largest absolute Gasteiger partial charge is 0.481 e. The van der Waals surface area contributed by atoms with Gasteiger partial charge in [-0.15, -0.1) is 0 Å². The quantitative estimate of drug-likeness (QED) is 0.619. The van der Waals surface area contributed by atoms with E-state index in [9.17, 15) is 9.59 Å². The Balaban J connectivity index is 0. The molecule has 0 aromatic rings. The topological polar surface area (TPSA) is 74.6 Å². The minimum absolute atomic E-state index is 0. The number of carboxylic acid groups (broad SMARTS) is 2. The van der Waals surface area contributed by atoms with Crippen LogP contribution in [-0.2, 0) is 27.0 Å². The van der Waals surface area contributed by atoms with Crippen LogP contribution >= 0.6 is 0 Å². The van der Waals surface area contributed by atoms with Gasteiger partial charge >= 0.3 is 11.9 Å². The number of hydrogen-bond donors (Lipinski definition) is 2. The Morgan fingerprint density at radius 1 is 0.667 bits per heavy atom. The zero-order valence-electron chi connectivity index (χ0n) is 8.78. The van der Waals surface area contributed by atoms with Crippen molar-refractivity contribution in [2.45, 2.75) is 51.4 Å². The Bertz CT molecular complexity index is 162. The minimum atomic E-state index is -0.740.